The van der Waals surface area contributed by atoms with Gasteiger partial charge in [-0.3, -0.25) is 9.59 Å². The Labute approximate surface area is 138 Å². The number of pyridine rings is 1. The number of anilines is 1. The number of carbonyl (C=O) groups is 3. The van der Waals surface area contributed by atoms with Gasteiger partial charge in [-0.15, -0.1) is 0 Å². The van der Waals surface area contributed by atoms with Gasteiger partial charge >= 0.3 is 6.09 Å². The Kier molecular flexibility index (Phi) is 4.91. The van der Waals surface area contributed by atoms with Crippen LogP contribution in [0, 0.1) is 0 Å². The van der Waals surface area contributed by atoms with Crippen LogP contribution in [0.15, 0.2) is 18.3 Å². The van der Waals surface area contributed by atoms with E-state index >= 15 is 0 Å². The zero-order valence-electron chi connectivity index (χ0n) is 13.7. The van der Waals surface area contributed by atoms with E-state index in [1.807, 2.05) is 0 Å². The molecule has 24 heavy (non-hydrogen) atoms. The second kappa shape index (κ2) is 6.73. The third-order valence-corrected chi connectivity index (χ3v) is 3.06. The number of alkyl carbamates (subject to hydrolysis) is 1. The number of carbonyl (C=O) groups excluding carboxylic acids is 3. The molecule has 9 heteroatoms. The average molecular weight is 336 g/mol. The molecule has 4 N–H and O–H groups in total. The number of fused-ring (bicyclic) bond motifs is 1. The van der Waals surface area contributed by atoms with Crippen LogP contribution in [-0.2, 0) is 14.3 Å². The highest BCUT2D eigenvalue weighted by Crippen LogP contribution is 2.27. The molecule has 0 radical (unpaired) electrons. The molecule has 0 aliphatic carbocycles. The van der Waals surface area contributed by atoms with E-state index in [1.54, 1.807) is 32.9 Å². The van der Waals surface area contributed by atoms with Gasteiger partial charge in [0.05, 0.1) is 0 Å². The molecule has 0 bridgehead atoms. The lowest BCUT2D eigenvalue weighted by Crippen LogP contribution is -2.51. The summed E-state index contributed by atoms with van der Waals surface area (Å²) in [6.45, 7) is 5.06. The third kappa shape index (κ3) is 4.58. The van der Waals surface area contributed by atoms with Crippen LogP contribution >= 0.6 is 0 Å². The molecule has 0 spiro atoms. The van der Waals surface area contributed by atoms with Crippen molar-refractivity contribution in [3.8, 4) is 5.75 Å². The number of rotatable bonds is 4. The van der Waals surface area contributed by atoms with Gasteiger partial charge < -0.3 is 25.8 Å². The van der Waals surface area contributed by atoms with Crippen LogP contribution in [0.2, 0.25) is 0 Å². The normalized spacial score (nSPS) is 17.8. The van der Waals surface area contributed by atoms with Gasteiger partial charge in [-0.05, 0) is 32.9 Å². The quantitative estimate of drug-likeness (QED) is 0.735. The van der Waals surface area contributed by atoms with E-state index in [0.29, 0.717) is 11.6 Å². The molecule has 2 atom stereocenters. The van der Waals surface area contributed by atoms with Gasteiger partial charge in [0.1, 0.15) is 11.6 Å². The Morgan fingerprint density at radius 3 is 2.83 bits per heavy atom. The van der Waals surface area contributed by atoms with Crippen LogP contribution in [0.4, 0.5) is 10.6 Å². The lowest BCUT2D eigenvalue weighted by Gasteiger charge is -2.28. The fourth-order valence-corrected chi connectivity index (χ4v) is 2.05. The van der Waals surface area contributed by atoms with E-state index in [-0.39, 0.29) is 6.42 Å². The van der Waals surface area contributed by atoms with Crippen molar-refractivity contribution in [3.63, 3.8) is 0 Å². The number of primary amides is 1. The summed E-state index contributed by atoms with van der Waals surface area (Å²) in [5.74, 6) is -0.593. The Hall–Kier alpha value is -2.84. The summed E-state index contributed by atoms with van der Waals surface area (Å²) >= 11 is 0. The largest absolute Gasteiger partial charge is 0.477 e. The Balaban J connectivity index is 2.04. The van der Waals surface area contributed by atoms with Crippen LogP contribution in [0.1, 0.15) is 27.2 Å². The van der Waals surface area contributed by atoms with E-state index in [2.05, 4.69) is 15.6 Å². The molecule has 1 aliphatic rings. The molecule has 0 fully saturated rings. The predicted molar refractivity (Wildman–Crippen MR) is 84.3 cm³/mol. The summed E-state index contributed by atoms with van der Waals surface area (Å²) in [5.41, 5.74) is 4.57. The van der Waals surface area contributed by atoms with E-state index in [1.165, 1.54) is 6.20 Å². The van der Waals surface area contributed by atoms with Crippen LogP contribution in [0.25, 0.3) is 0 Å². The number of amides is 3. The fourth-order valence-electron chi connectivity index (χ4n) is 2.05. The van der Waals surface area contributed by atoms with Gasteiger partial charge in [0.15, 0.2) is 17.7 Å². The van der Waals surface area contributed by atoms with Crippen molar-refractivity contribution in [2.45, 2.75) is 44.9 Å². The number of nitrogens with one attached hydrogen (secondary N) is 2. The maximum absolute atomic E-state index is 12.1. The molecule has 0 saturated heterocycles. The van der Waals surface area contributed by atoms with Crippen LogP contribution in [0.5, 0.6) is 5.75 Å². The minimum absolute atomic E-state index is 0.130. The number of nitrogens with two attached hydrogens (primary N) is 1. The standard InChI is InChI=1S/C15H20N4O5/c1-15(2,3)24-14(22)18-8(11(16)20)7-10-13(21)19-12-9(23-10)5-4-6-17-12/h4-6,8,10H,7H2,1-3H3,(H2,16,20)(H,18,22)(H,17,19,21)/t8-,10-/m0/s1. The number of hydrogen-bond donors (Lipinski definition) is 3. The summed E-state index contributed by atoms with van der Waals surface area (Å²) in [4.78, 5) is 39.4. The maximum Gasteiger partial charge on any atom is 0.408 e. The minimum Gasteiger partial charge on any atom is -0.477 e. The van der Waals surface area contributed by atoms with E-state index in [4.69, 9.17) is 15.2 Å². The molecular weight excluding hydrogens is 316 g/mol. The Morgan fingerprint density at radius 1 is 1.50 bits per heavy atom. The van der Waals surface area contributed by atoms with Crippen molar-refractivity contribution < 1.29 is 23.9 Å². The van der Waals surface area contributed by atoms with Crippen molar-refractivity contribution >= 4 is 23.7 Å². The molecule has 3 amide bonds. The van der Waals surface area contributed by atoms with Crippen molar-refractivity contribution in [2.24, 2.45) is 5.73 Å². The van der Waals surface area contributed by atoms with Gasteiger partial charge in [-0.1, -0.05) is 0 Å². The number of ether oxygens (including phenoxy) is 2. The topological polar surface area (TPSA) is 133 Å². The van der Waals surface area contributed by atoms with Crippen molar-refractivity contribution in [1.29, 1.82) is 0 Å². The fraction of sp³-hybridized carbons (Fsp3) is 0.467. The van der Waals surface area contributed by atoms with Crippen LogP contribution in [0.3, 0.4) is 0 Å². The molecule has 1 aromatic rings. The Bertz CT molecular complexity index is 656. The summed E-state index contributed by atoms with van der Waals surface area (Å²) in [6, 6.07) is 2.17. The summed E-state index contributed by atoms with van der Waals surface area (Å²) < 4.78 is 10.6. The highest BCUT2D eigenvalue weighted by Gasteiger charge is 2.33. The first kappa shape index (κ1) is 17.5. The number of nitrogens with zero attached hydrogens (tertiary/aromatic N) is 1. The average Bonchev–Trinajstić information content (AvgIpc) is 2.45. The SMILES string of the molecule is CC(C)(C)OC(=O)N[C@@H](C[C@@H]1Oc2cccnc2NC1=O)C(N)=O. The van der Waals surface area contributed by atoms with E-state index in [9.17, 15) is 14.4 Å². The first-order chi connectivity index (χ1) is 11.2. The molecule has 0 unspecified atom stereocenters. The molecule has 9 nitrogen and oxygen atoms in total. The van der Waals surface area contributed by atoms with Crippen molar-refractivity contribution in [3.05, 3.63) is 18.3 Å². The maximum atomic E-state index is 12.1. The van der Waals surface area contributed by atoms with E-state index < -0.39 is 35.7 Å². The second-order valence-electron chi connectivity index (χ2n) is 6.28. The zero-order valence-corrected chi connectivity index (χ0v) is 13.7. The number of aromatic nitrogens is 1. The van der Waals surface area contributed by atoms with Gasteiger partial charge in [0.2, 0.25) is 5.91 Å². The lowest BCUT2D eigenvalue weighted by atomic mass is 10.1. The zero-order chi connectivity index (χ0) is 17.9. The van der Waals surface area contributed by atoms with Crippen molar-refractivity contribution in [1.82, 2.24) is 10.3 Å². The van der Waals surface area contributed by atoms with Crippen LogP contribution in [-0.4, -0.2) is 40.6 Å². The second-order valence-corrected chi connectivity index (χ2v) is 6.28. The first-order valence-electron chi connectivity index (χ1n) is 7.37. The first-order valence-corrected chi connectivity index (χ1v) is 7.37. The molecule has 0 saturated carbocycles. The van der Waals surface area contributed by atoms with Crippen LogP contribution < -0.4 is 21.1 Å². The van der Waals surface area contributed by atoms with Gasteiger partial charge in [-0.2, -0.15) is 0 Å². The highest BCUT2D eigenvalue weighted by atomic mass is 16.6. The third-order valence-electron chi connectivity index (χ3n) is 3.06. The lowest BCUT2D eigenvalue weighted by molar-refractivity contribution is -0.125. The monoisotopic (exact) mass is 336 g/mol. The van der Waals surface area contributed by atoms with Gasteiger partial charge in [-0.25, -0.2) is 9.78 Å². The minimum atomic E-state index is -1.12. The Morgan fingerprint density at radius 2 is 2.21 bits per heavy atom. The molecule has 1 aromatic heterocycles. The smallest absolute Gasteiger partial charge is 0.408 e. The van der Waals surface area contributed by atoms with E-state index in [0.717, 1.165) is 0 Å². The number of hydrogen-bond acceptors (Lipinski definition) is 6. The molecular formula is C15H20N4O5. The summed E-state index contributed by atoms with van der Waals surface area (Å²) in [5, 5.41) is 4.93. The molecule has 1 aliphatic heterocycles. The predicted octanol–water partition coefficient (Wildman–Crippen LogP) is 0.550. The molecule has 2 heterocycles. The summed E-state index contributed by atoms with van der Waals surface area (Å²) in [6.07, 6.45) is -0.410. The van der Waals surface area contributed by atoms with Crippen molar-refractivity contribution in [2.75, 3.05) is 5.32 Å². The molecule has 130 valence electrons. The highest BCUT2D eigenvalue weighted by molar-refractivity contribution is 5.97. The summed E-state index contributed by atoms with van der Waals surface area (Å²) in [7, 11) is 0. The molecule has 2 rings (SSSR count). The molecule has 0 aromatic carbocycles. The van der Waals surface area contributed by atoms with Gasteiger partial charge in [0, 0.05) is 12.6 Å². The van der Waals surface area contributed by atoms with Gasteiger partial charge in [0.25, 0.3) is 5.91 Å².